The smallest absolute Gasteiger partial charge is 0.319 e. The van der Waals surface area contributed by atoms with Crippen LogP contribution in [-0.2, 0) is 11.3 Å². The van der Waals surface area contributed by atoms with Crippen LogP contribution < -0.4 is 20.7 Å². The normalized spacial score (nSPS) is 18.1. The highest BCUT2D eigenvalue weighted by atomic mass is 32.1. The fourth-order valence-electron chi connectivity index (χ4n) is 6.12. The number of benzene rings is 1. The monoisotopic (exact) mass is 672 g/mol. The van der Waals surface area contributed by atoms with Crippen molar-refractivity contribution in [3.05, 3.63) is 66.2 Å². The lowest BCUT2D eigenvalue weighted by Gasteiger charge is -2.34. The van der Waals surface area contributed by atoms with Gasteiger partial charge in [-0.3, -0.25) is 24.6 Å². The lowest BCUT2D eigenvalue weighted by atomic mass is 10.0. The second-order valence-corrected chi connectivity index (χ2v) is 14.1. The van der Waals surface area contributed by atoms with Crippen molar-refractivity contribution >= 4 is 39.2 Å². The molecule has 2 aliphatic heterocycles. The van der Waals surface area contributed by atoms with Gasteiger partial charge in [0.25, 0.3) is 0 Å². The van der Waals surface area contributed by atoms with Crippen molar-refractivity contribution in [2.24, 2.45) is 0 Å². The molecule has 3 aliphatic rings. The van der Waals surface area contributed by atoms with Crippen LogP contribution in [-0.4, -0.2) is 102 Å². The summed E-state index contributed by atoms with van der Waals surface area (Å²) < 4.78 is 21.7. The van der Waals surface area contributed by atoms with E-state index >= 15 is 0 Å². The summed E-state index contributed by atoms with van der Waals surface area (Å²) in [7, 11) is 2.12. The molecule has 3 aromatic heterocycles. The summed E-state index contributed by atoms with van der Waals surface area (Å²) in [5.41, 5.74) is 3.07. The molecule has 1 aromatic carbocycles. The second-order valence-electron chi connectivity index (χ2n) is 13.0. The first-order valence-electron chi connectivity index (χ1n) is 16.7. The van der Waals surface area contributed by atoms with Gasteiger partial charge in [-0.25, -0.2) is 9.18 Å². The Morgan fingerprint density at radius 2 is 1.69 bits per heavy atom. The summed E-state index contributed by atoms with van der Waals surface area (Å²) >= 11 is 1.49. The number of halogens is 1. The summed E-state index contributed by atoms with van der Waals surface area (Å²) in [5, 5.41) is 8.74. The molecule has 0 atom stereocenters. The van der Waals surface area contributed by atoms with Crippen LogP contribution in [0.1, 0.15) is 31.2 Å². The molecule has 11 nitrogen and oxygen atoms in total. The van der Waals surface area contributed by atoms with Crippen molar-refractivity contribution in [1.82, 2.24) is 35.3 Å². The highest BCUT2D eigenvalue weighted by Gasteiger charge is 2.24. The molecule has 252 valence electrons. The maximum atomic E-state index is 15.0. The highest BCUT2D eigenvalue weighted by molar-refractivity contribution is 7.22. The van der Waals surface area contributed by atoms with Crippen LogP contribution in [0.15, 0.2) is 54.9 Å². The Hall–Kier alpha value is -4.17. The number of carbonyl (C=O) groups is 2. The quantitative estimate of drug-likeness (QED) is 0.218. The standard InChI is InChI=1S/C35H41FN8O3S/c1-42-14-16-44(17-15-42)22-33(45)39-25-9-12-43(13-10-25)21-23-2-6-28(38-20-23)32-19-29-34(48-32)31(8-11-37-29)47-30-7-5-26(18-27(30)36)41-35(46)40-24-3-4-24/h2,5-8,11,18-20,24-25H,3-4,9-10,12-17,21-22H2,1H3,(H,39,45)(H2,40,41,46). The Labute approximate surface area is 283 Å². The number of hydrogen-bond donors (Lipinski definition) is 3. The number of fused-ring (bicyclic) bond motifs is 1. The Bertz CT molecular complexity index is 1750. The van der Waals surface area contributed by atoms with Crippen LogP contribution >= 0.6 is 11.3 Å². The van der Waals surface area contributed by atoms with Gasteiger partial charge in [0.15, 0.2) is 11.6 Å². The third-order valence-electron chi connectivity index (χ3n) is 9.10. The topological polar surface area (TPSA) is 115 Å². The van der Waals surface area contributed by atoms with Gasteiger partial charge in [0, 0.05) is 88.1 Å². The van der Waals surface area contributed by atoms with Crippen molar-refractivity contribution in [2.45, 2.75) is 44.3 Å². The molecule has 3 N–H and O–H groups in total. The zero-order valence-electron chi connectivity index (χ0n) is 27.1. The number of ether oxygens (including phenoxy) is 1. The van der Waals surface area contributed by atoms with E-state index in [-0.39, 0.29) is 29.8 Å². The Kier molecular flexibility index (Phi) is 9.80. The van der Waals surface area contributed by atoms with Crippen LogP contribution in [0.5, 0.6) is 11.5 Å². The fourth-order valence-corrected chi connectivity index (χ4v) is 7.16. The van der Waals surface area contributed by atoms with E-state index in [9.17, 15) is 14.0 Å². The molecule has 3 fully saturated rings. The molecule has 0 bridgehead atoms. The number of likely N-dealkylation sites (N-methyl/N-ethyl adjacent to an activating group) is 1. The van der Waals surface area contributed by atoms with Gasteiger partial charge in [0.05, 0.1) is 27.3 Å². The van der Waals surface area contributed by atoms with E-state index in [0.29, 0.717) is 18.0 Å². The first-order valence-corrected chi connectivity index (χ1v) is 17.5. The number of hydrogen-bond acceptors (Lipinski definition) is 9. The number of aromatic nitrogens is 2. The molecule has 3 amide bonds. The minimum Gasteiger partial charge on any atom is -0.453 e. The van der Waals surface area contributed by atoms with E-state index in [1.165, 1.54) is 23.5 Å². The molecule has 7 rings (SSSR count). The predicted molar refractivity (Wildman–Crippen MR) is 185 cm³/mol. The van der Waals surface area contributed by atoms with Gasteiger partial charge in [0.1, 0.15) is 5.75 Å². The van der Waals surface area contributed by atoms with E-state index in [1.807, 2.05) is 18.3 Å². The molecule has 0 radical (unpaired) electrons. The largest absolute Gasteiger partial charge is 0.453 e. The molecule has 1 aliphatic carbocycles. The number of carbonyl (C=O) groups excluding carboxylic acids is 2. The lowest BCUT2D eigenvalue weighted by Crippen LogP contribution is -2.51. The molecule has 4 aromatic rings. The van der Waals surface area contributed by atoms with Crippen molar-refractivity contribution in [2.75, 3.05) is 58.2 Å². The number of nitrogens with zero attached hydrogens (tertiary/aromatic N) is 5. The fraction of sp³-hybridized carbons (Fsp3) is 0.429. The van der Waals surface area contributed by atoms with Gasteiger partial charge in [-0.1, -0.05) is 6.07 Å². The molecule has 48 heavy (non-hydrogen) atoms. The zero-order chi connectivity index (χ0) is 33.0. The van der Waals surface area contributed by atoms with Gasteiger partial charge < -0.3 is 25.6 Å². The van der Waals surface area contributed by atoms with Gasteiger partial charge in [-0.2, -0.15) is 0 Å². The molecular formula is C35H41FN8O3S. The van der Waals surface area contributed by atoms with E-state index in [4.69, 9.17) is 9.72 Å². The van der Waals surface area contributed by atoms with Gasteiger partial charge >= 0.3 is 6.03 Å². The van der Waals surface area contributed by atoms with Crippen LogP contribution in [0.3, 0.4) is 0 Å². The number of amides is 3. The SMILES string of the molecule is CN1CCN(CC(=O)NC2CCN(Cc3ccc(-c4cc5nccc(Oc6ccc(NC(=O)NC7CC7)cc6F)c5s4)nc3)CC2)CC1. The van der Waals surface area contributed by atoms with Gasteiger partial charge in [0.2, 0.25) is 5.91 Å². The van der Waals surface area contributed by atoms with Crippen LogP contribution in [0, 0.1) is 5.82 Å². The number of thiophene rings is 1. The van der Waals surface area contributed by atoms with E-state index < -0.39 is 5.82 Å². The number of piperazine rings is 1. The average Bonchev–Trinajstić information content (AvgIpc) is 3.78. The van der Waals surface area contributed by atoms with E-state index in [2.05, 4.69) is 48.7 Å². The predicted octanol–water partition coefficient (Wildman–Crippen LogP) is 4.90. The molecule has 0 unspecified atom stereocenters. The maximum absolute atomic E-state index is 15.0. The highest BCUT2D eigenvalue weighted by Crippen LogP contribution is 2.39. The average molecular weight is 673 g/mol. The Balaban J connectivity index is 0.918. The number of nitrogens with one attached hydrogen (secondary N) is 3. The van der Waals surface area contributed by atoms with Crippen molar-refractivity contribution in [1.29, 1.82) is 0 Å². The van der Waals surface area contributed by atoms with E-state index in [0.717, 1.165) is 97.8 Å². The summed E-state index contributed by atoms with van der Waals surface area (Å²) in [6.07, 6.45) is 7.40. The molecule has 5 heterocycles. The number of pyridine rings is 2. The summed E-state index contributed by atoms with van der Waals surface area (Å²) in [5.74, 6) is 0.119. The zero-order valence-corrected chi connectivity index (χ0v) is 27.9. The summed E-state index contributed by atoms with van der Waals surface area (Å²) in [6.45, 7) is 7.09. The number of likely N-dealkylation sites (tertiary alicyclic amines) is 1. The molecule has 0 spiro atoms. The second kappa shape index (κ2) is 14.5. The van der Waals surface area contributed by atoms with Gasteiger partial charge in [-0.15, -0.1) is 11.3 Å². The third kappa shape index (κ3) is 8.27. The van der Waals surface area contributed by atoms with Crippen LogP contribution in [0.25, 0.3) is 20.8 Å². The van der Waals surface area contributed by atoms with Gasteiger partial charge in [-0.05, 0) is 62.6 Å². The number of urea groups is 1. The minimum absolute atomic E-state index is 0.0603. The molecule has 1 saturated carbocycles. The lowest BCUT2D eigenvalue weighted by molar-refractivity contribution is -0.123. The molecule has 2 saturated heterocycles. The molecule has 13 heteroatoms. The maximum Gasteiger partial charge on any atom is 0.319 e. The number of anilines is 1. The Morgan fingerprint density at radius 3 is 2.42 bits per heavy atom. The Morgan fingerprint density at radius 1 is 0.896 bits per heavy atom. The first-order chi connectivity index (χ1) is 23.3. The number of rotatable bonds is 10. The van der Waals surface area contributed by atoms with Crippen LogP contribution in [0.2, 0.25) is 0 Å². The van der Waals surface area contributed by atoms with Crippen molar-refractivity contribution in [3.8, 4) is 22.1 Å². The van der Waals surface area contributed by atoms with E-state index in [1.54, 1.807) is 18.3 Å². The first kappa shape index (κ1) is 32.4. The molecular weight excluding hydrogens is 632 g/mol. The summed E-state index contributed by atoms with van der Waals surface area (Å²) in [4.78, 5) is 41.8. The number of piperidine rings is 1. The van der Waals surface area contributed by atoms with Crippen molar-refractivity contribution < 1.29 is 18.7 Å². The third-order valence-corrected chi connectivity index (χ3v) is 10.3. The van der Waals surface area contributed by atoms with Crippen molar-refractivity contribution in [3.63, 3.8) is 0 Å². The van der Waals surface area contributed by atoms with Crippen LogP contribution in [0.4, 0.5) is 14.9 Å². The summed E-state index contributed by atoms with van der Waals surface area (Å²) in [6, 6.07) is 12.3. The minimum atomic E-state index is -0.576.